The first-order chi connectivity index (χ1) is 13.7. The number of benzene rings is 1. The minimum absolute atomic E-state index is 0.102. The lowest BCUT2D eigenvalue weighted by Gasteiger charge is -2.25. The summed E-state index contributed by atoms with van der Waals surface area (Å²) in [6.07, 6.45) is 1.43. The second-order valence-corrected chi connectivity index (χ2v) is 6.48. The summed E-state index contributed by atoms with van der Waals surface area (Å²) < 4.78 is 31.7. The first kappa shape index (κ1) is 22.4. The minimum Gasteiger partial charge on any atom is -0.475 e. The van der Waals surface area contributed by atoms with Crippen LogP contribution in [0, 0.1) is 0 Å². The monoisotopic (exact) mass is 409 g/mol. The fourth-order valence-corrected chi connectivity index (χ4v) is 3.08. The number of aliphatic carboxylic acids is 1. The van der Waals surface area contributed by atoms with Crippen LogP contribution in [0.15, 0.2) is 48.8 Å². The molecule has 1 saturated heterocycles. The Kier molecular flexibility index (Phi) is 7.72. The average Bonchev–Trinajstić information content (AvgIpc) is 3.18. The number of nitrogens with zero attached hydrogens (tertiary/aromatic N) is 2. The smallest absolute Gasteiger partial charge is 0.475 e. The number of amides is 1. The zero-order valence-electron chi connectivity index (χ0n) is 15.6. The maximum atomic E-state index is 12.8. The van der Waals surface area contributed by atoms with Crippen molar-refractivity contribution in [1.29, 1.82) is 0 Å². The van der Waals surface area contributed by atoms with Gasteiger partial charge in [0.15, 0.2) is 0 Å². The van der Waals surface area contributed by atoms with Gasteiger partial charge in [-0.05, 0) is 55.1 Å². The molecule has 2 aromatic rings. The lowest BCUT2D eigenvalue weighted by atomic mass is 10.0. The van der Waals surface area contributed by atoms with Crippen LogP contribution in [-0.4, -0.2) is 46.1 Å². The molecule has 29 heavy (non-hydrogen) atoms. The van der Waals surface area contributed by atoms with Crippen LogP contribution < -0.4 is 5.73 Å². The molecule has 2 heterocycles. The highest BCUT2D eigenvalue weighted by atomic mass is 19.4. The van der Waals surface area contributed by atoms with E-state index < -0.39 is 12.1 Å². The predicted octanol–water partition coefficient (Wildman–Crippen LogP) is 3.19. The third-order valence-electron chi connectivity index (χ3n) is 4.46. The van der Waals surface area contributed by atoms with E-state index in [1.54, 1.807) is 6.20 Å². The van der Waals surface area contributed by atoms with Gasteiger partial charge in [-0.15, -0.1) is 0 Å². The van der Waals surface area contributed by atoms with E-state index in [-0.39, 0.29) is 11.9 Å². The van der Waals surface area contributed by atoms with E-state index >= 15 is 0 Å². The number of hydrogen-bond acceptors (Lipinski definition) is 4. The van der Waals surface area contributed by atoms with Gasteiger partial charge in [-0.25, -0.2) is 4.79 Å². The van der Waals surface area contributed by atoms with E-state index in [1.807, 2.05) is 47.5 Å². The molecular formula is C20H22F3N3O3. The summed E-state index contributed by atoms with van der Waals surface area (Å²) in [5.41, 5.74) is 8.60. The molecule has 9 heteroatoms. The Bertz CT molecular complexity index is 811. The van der Waals surface area contributed by atoms with Gasteiger partial charge in [0.2, 0.25) is 0 Å². The quantitative estimate of drug-likeness (QED) is 0.809. The van der Waals surface area contributed by atoms with Crippen LogP contribution in [0.4, 0.5) is 13.2 Å². The second-order valence-electron chi connectivity index (χ2n) is 6.48. The number of carboxylic acids is 1. The van der Waals surface area contributed by atoms with E-state index in [4.69, 9.17) is 15.6 Å². The van der Waals surface area contributed by atoms with Crippen molar-refractivity contribution < 1.29 is 27.9 Å². The van der Waals surface area contributed by atoms with Gasteiger partial charge in [0, 0.05) is 24.5 Å². The number of alkyl halides is 3. The van der Waals surface area contributed by atoms with Crippen LogP contribution in [0.25, 0.3) is 0 Å². The molecule has 0 radical (unpaired) electrons. The van der Waals surface area contributed by atoms with E-state index in [2.05, 4.69) is 4.98 Å². The van der Waals surface area contributed by atoms with Gasteiger partial charge in [-0.3, -0.25) is 9.78 Å². The van der Waals surface area contributed by atoms with Crippen LogP contribution >= 0.6 is 0 Å². The highest BCUT2D eigenvalue weighted by molar-refractivity contribution is 5.94. The fraction of sp³-hybridized carbons (Fsp3) is 0.350. The number of carbonyl (C=O) groups is 2. The third-order valence-corrected chi connectivity index (χ3v) is 4.46. The van der Waals surface area contributed by atoms with Crippen molar-refractivity contribution in [1.82, 2.24) is 9.88 Å². The van der Waals surface area contributed by atoms with E-state index in [0.29, 0.717) is 6.54 Å². The molecule has 1 aliphatic heterocycles. The molecule has 1 atom stereocenters. The van der Waals surface area contributed by atoms with Gasteiger partial charge in [0.05, 0.1) is 6.04 Å². The molecule has 156 valence electrons. The summed E-state index contributed by atoms with van der Waals surface area (Å²) in [6.45, 7) is 1.44. The maximum Gasteiger partial charge on any atom is 0.490 e. The summed E-state index contributed by atoms with van der Waals surface area (Å²) in [4.78, 5) is 27.8. The number of hydrogen-bond donors (Lipinski definition) is 2. The minimum atomic E-state index is -5.08. The number of nitrogens with two attached hydrogens (primary N) is 1. The first-order valence-electron chi connectivity index (χ1n) is 9.04. The molecule has 0 saturated carbocycles. The average molecular weight is 409 g/mol. The molecule has 1 aromatic heterocycles. The number of carboxylic acid groups (broad SMARTS) is 1. The largest absolute Gasteiger partial charge is 0.490 e. The van der Waals surface area contributed by atoms with E-state index in [1.165, 1.54) is 5.56 Å². The van der Waals surface area contributed by atoms with E-state index in [9.17, 15) is 18.0 Å². The Morgan fingerprint density at radius 1 is 1.21 bits per heavy atom. The highest BCUT2D eigenvalue weighted by Gasteiger charge is 2.38. The fourth-order valence-electron chi connectivity index (χ4n) is 3.08. The van der Waals surface area contributed by atoms with Gasteiger partial charge in [-0.2, -0.15) is 13.2 Å². The van der Waals surface area contributed by atoms with Crippen LogP contribution in [0.5, 0.6) is 0 Å². The van der Waals surface area contributed by atoms with Crippen molar-refractivity contribution in [3.05, 3.63) is 65.5 Å². The first-order valence-corrected chi connectivity index (χ1v) is 9.04. The number of carbonyl (C=O) groups excluding carboxylic acids is 1. The standard InChI is InChI=1S/C18H21N3O.C2HF3O2/c19-10-9-14-5-7-15(8-6-14)18(22)21-12-2-4-17(21)16-3-1-11-20-13-16;3-2(4,5)1(6)7/h1,3,5-8,11,13,17H,2,4,9-10,12,19H2;(H,6,7). The zero-order valence-corrected chi connectivity index (χ0v) is 15.6. The lowest BCUT2D eigenvalue weighted by Crippen LogP contribution is -2.30. The van der Waals surface area contributed by atoms with Gasteiger partial charge < -0.3 is 15.7 Å². The Labute approximate surface area is 166 Å². The number of likely N-dealkylation sites (tertiary alicyclic amines) is 1. The number of pyridine rings is 1. The SMILES string of the molecule is NCCc1ccc(C(=O)N2CCCC2c2cccnc2)cc1.O=C(O)C(F)(F)F. The molecule has 0 spiro atoms. The number of aromatic nitrogens is 1. The van der Waals surface area contributed by atoms with Gasteiger partial charge >= 0.3 is 12.1 Å². The van der Waals surface area contributed by atoms with Crippen molar-refractivity contribution in [2.75, 3.05) is 13.1 Å². The van der Waals surface area contributed by atoms with Crippen molar-refractivity contribution in [3.63, 3.8) is 0 Å². The molecule has 1 aromatic carbocycles. The molecule has 3 rings (SSSR count). The van der Waals surface area contributed by atoms with Crippen LogP contribution in [0.3, 0.4) is 0 Å². The number of rotatable bonds is 4. The summed E-state index contributed by atoms with van der Waals surface area (Å²) >= 11 is 0. The molecule has 1 fully saturated rings. The van der Waals surface area contributed by atoms with Crippen LogP contribution in [0.1, 0.15) is 40.4 Å². The third kappa shape index (κ3) is 6.28. The predicted molar refractivity (Wildman–Crippen MR) is 100 cm³/mol. The second kappa shape index (κ2) is 10.0. The molecule has 1 unspecified atom stereocenters. The molecule has 1 aliphatic rings. The Morgan fingerprint density at radius 2 is 1.86 bits per heavy atom. The van der Waals surface area contributed by atoms with Crippen molar-refractivity contribution in [2.45, 2.75) is 31.5 Å². The maximum absolute atomic E-state index is 12.8. The van der Waals surface area contributed by atoms with Gasteiger partial charge in [0.1, 0.15) is 0 Å². The van der Waals surface area contributed by atoms with Crippen molar-refractivity contribution in [2.24, 2.45) is 5.73 Å². The Balaban J connectivity index is 0.000000370. The van der Waals surface area contributed by atoms with Crippen LogP contribution in [0.2, 0.25) is 0 Å². The summed E-state index contributed by atoms with van der Waals surface area (Å²) in [5, 5.41) is 7.12. The summed E-state index contributed by atoms with van der Waals surface area (Å²) in [6, 6.07) is 11.9. The van der Waals surface area contributed by atoms with Crippen molar-refractivity contribution in [3.8, 4) is 0 Å². The molecule has 0 bridgehead atoms. The lowest BCUT2D eigenvalue weighted by molar-refractivity contribution is -0.192. The summed E-state index contributed by atoms with van der Waals surface area (Å²) in [5.74, 6) is -2.65. The Morgan fingerprint density at radius 3 is 2.38 bits per heavy atom. The van der Waals surface area contributed by atoms with Crippen molar-refractivity contribution >= 4 is 11.9 Å². The highest BCUT2D eigenvalue weighted by Crippen LogP contribution is 2.32. The Hall–Kier alpha value is -2.94. The van der Waals surface area contributed by atoms with E-state index in [0.717, 1.165) is 36.9 Å². The summed E-state index contributed by atoms with van der Waals surface area (Å²) in [7, 11) is 0. The molecule has 0 aliphatic carbocycles. The molecule has 1 amide bonds. The normalized spacial score (nSPS) is 16.1. The van der Waals surface area contributed by atoms with Crippen LogP contribution in [-0.2, 0) is 11.2 Å². The topological polar surface area (TPSA) is 96.5 Å². The number of halogens is 3. The van der Waals surface area contributed by atoms with Gasteiger partial charge in [0.25, 0.3) is 5.91 Å². The molecule has 3 N–H and O–H groups in total. The molecule has 6 nitrogen and oxygen atoms in total. The van der Waals surface area contributed by atoms with Gasteiger partial charge in [-0.1, -0.05) is 18.2 Å². The molecular weight excluding hydrogens is 387 g/mol. The zero-order chi connectivity index (χ0) is 21.4.